The van der Waals surface area contributed by atoms with Gasteiger partial charge in [0.1, 0.15) is 0 Å². The standard InChI is InChI=1S/C8H14N2O2/c1-8(2)4-10(5-8)7(12)3-9-6-11/h6H,3-5H2,1-2H3,(H,9,11). The summed E-state index contributed by atoms with van der Waals surface area (Å²) in [5, 5.41) is 2.35. The fourth-order valence-electron chi connectivity index (χ4n) is 1.40. The number of amides is 2. The summed E-state index contributed by atoms with van der Waals surface area (Å²) in [7, 11) is 0. The molecule has 12 heavy (non-hydrogen) atoms. The van der Waals surface area contributed by atoms with Crippen LogP contribution in [0.5, 0.6) is 0 Å². The average Bonchev–Trinajstić information content (AvgIpc) is 1.95. The van der Waals surface area contributed by atoms with Crippen LogP contribution >= 0.6 is 0 Å². The van der Waals surface area contributed by atoms with Crippen LogP contribution in [-0.4, -0.2) is 36.9 Å². The van der Waals surface area contributed by atoms with Gasteiger partial charge in [-0.25, -0.2) is 0 Å². The van der Waals surface area contributed by atoms with Gasteiger partial charge in [-0.05, 0) is 5.41 Å². The van der Waals surface area contributed by atoms with Crippen molar-refractivity contribution in [3.05, 3.63) is 0 Å². The molecule has 0 unspecified atom stereocenters. The lowest BCUT2D eigenvalue weighted by atomic mass is 9.84. The Morgan fingerprint density at radius 3 is 2.58 bits per heavy atom. The van der Waals surface area contributed by atoms with Crippen molar-refractivity contribution in [2.24, 2.45) is 5.41 Å². The number of hydrogen-bond donors (Lipinski definition) is 1. The maximum Gasteiger partial charge on any atom is 0.241 e. The number of likely N-dealkylation sites (tertiary alicyclic amines) is 1. The van der Waals surface area contributed by atoms with Crippen molar-refractivity contribution in [2.75, 3.05) is 19.6 Å². The molecule has 0 aliphatic carbocycles. The van der Waals surface area contributed by atoms with Crippen LogP contribution in [0.3, 0.4) is 0 Å². The van der Waals surface area contributed by atoms with E-state index in [1.807, 2.05) is 0 Å². The Hall–Kier alpha value is -1.06. The molecule has 0 radical (unpaired) electrons. The summed E-state index contributed by atoms with van der Waals surface area (Å²) < 4.78 is 0. The minimum Gasteiger partial charge on any atom is -0.350 e. The Labute approximate surface area is 71.9 Å². The molecule has 1 aliphatic heterocycles. The Morgan fingerprint density at radius 1 is 1.58 bits per heavy atom. The topological polar surface area (TPSA) is 49.4 Å². The Balaban J connectivity index is 2.24. The number of nitrogens with one attached hydrogen (secondary N) is 1. The van der Waals surface area contributed by atoms with E-state index in [0.29, 0.717) is 6.41 Å². The lowest BCUT2D eigenvalue weighted by Gasteiger charge is -2.45. The number of carbonyl (C=O) groups is 2. The van der Waals surface area contributed by atoms with Gasteiger partial charge in [0.05, 0.1) is 6.54 Å². The van der Waals surface area contributed by atoms with Crippen LogP contribution in [0.4, 0.5) is 0 Å². The van der Waals surface area contributed by atoms with Gasteiger partial charge in [0.25, 0.3) is 0 Å². The number of nitrogens with zero attached hydrogens (tertiary/aromatic N) is 1. The van der Waals surface area contributed by atoms with E-state index in [-0.39, 0.29) is 17.9 Å². The van der Waals surface area contributed by atoms with Crippen LogP contribution in [0.1, 0.15) is 13.8 Å². The van der Waals surface area contributed by atoms with Crippen molar-refractivity contribution in [1.82, 2.24) is 10.2 Å². The molecule has 0 bridgehead atoms. The summed E-state index contributed by atoms with van der Waals surface area (Å²) in [6.07, 6.45) is 0.544. The first-order valence-corrected chi connectivity index (χ1v) is 4.00. The first-order valence-electron chi connectivity index (χ1n) is 4.00. The van der Waals surface area contributed by atoms with Crippen molar-refractivity contribution < 1.29 is 9.59 Å². The predicted molar refractivity (Wildman–Crippen MR) is 44.4 cm³/mol. The third kappa shape index (κ3) is 1.96. The molecule has 0 aromatic rings. The van der Waals surface area contributed by atoms with E-state index in [9.17, 15) is 9.59 Å². The minimum absolute atomic E-state index is 0.00132. The minimum atomic E-state index is 0.00132. The highest BCUT2D eigenvalue weighted by Gasteiger charge is 2.36. The first-order chi connectivity index (χ1) is 5.55. The molecule has 1 saturated heterocycles. The van der Waals surface area contributed by atoms with Gasteiger partial charge in [-0.3, -0.25) is 9.59 Å². The van der Waals surface area contributed by atoms with E-state index >= 15 is 0 Å². The molecule has 2 amide bonds. The Morgan fingerprint density at radius 2 is 2.17 bits per heavy atom. The number of rotatable bonds is 3. The van der Waals surface area contributed by atoms with Gasteiger partial charge in [0, 0.05) is 13.1 Å². The maximum absolute atomic E-state index is 11.2. The van der Waals surface area contributed by atoms with Gasteiger partial charge in [0.15, 0.2) is 0 Å². The van der Waals surface area contributed by atoms with Crippen LogP contribution in [0.15, 0.2) is 0 Å². The summed E-state index contributed by atoms with van der Waals surface area (Å²) in [5.41, 5.74) is 0.261. The van der Waals surface area contributed by atoms with Crippen LogP contribution in [-0.2, 0) is 9.59 Å². The molecule has 4 heteroatoms. The van der Waals surface area contributed by atoms with E-state index in [4.69, 9.17) is 0 Å². The van der Waals surface area contributed by atoms with E-state index in [0.717, 1.165) is 13.1 Å². The van der Waals surface area contributed by atoms with Crippen molar-refractivity contribution in [3.63, 3.8) is 0 Å². The zero-order valence-corrected chi connectivity index (χ0v) is 7.46. The fourth-order valence-corrected chi connectivity index (χ4v) is 1.40. The van der Waals surface area contributed by atoms with Gasteiger partial charge in [-0.15, -0.1) is 0 Å². The molecule has 68 valence electrons. The molecule has 1 N–H and O–H groups in total. The number of hydrogen-bond acceptors (Lipinski definition) is 2. The molecule has 1 fully saturated rings. The molecule has 0 atom stereocenters. The summed E-state index contributed by atoms with van der Waals surface area (Å²) in [5.74, 6) is 0.00132. The maximum atomic E-state index is 11.2. The lowest BCUT2D eigenvalue weighted by Crippen LogP contribution is -2.57. The van der Waals surface area contributed by atoms with Crippen LogP contribution < -0.4 is 5.32 Å². The third-order valence-electron chi connectivity index (χ3n) is 1.93. The van der Waals surface area contributed by atoms with Crippen LogP contribution in [0.2, 0.25) is 0 Å². The average molecular weight is 170 g/mol. The highest BCUT2D eigenvalue weighted by Crippen LogP contribution is 2.28. The first kappa shape index (κ1) is 9.03. The largest absolute Gasteiger partial charge is 0.350 e. The molecule has 0 aromatic heterocycles. The second-order valence-corrected chi connectivity index (χ2v) is 3.91. The summed E-state index contributed by atoms with van der Waals surface area (Å²) in [6, 6.07) is 0. The summed E-state index contributed by atoms with van der Waals surface area (Å²) >= 11 is 0. The monoisotopic (exact) mass is 170 g/mol. The molecule has 4 nitrogen and oxygen atoms in total. The molecule has 1 rings (SSSR count). The second-order valence-electron chi connectivity index (χ2n) is 3.91. The summed E-state index contributed by atoms with van der Waals surface area (Å²) in [4.78, 5) is 22.8. The zero-order valence-electron chi connectivity index (χ0n) is 7.46. The molecule has 1 aliphatic rings. The van der Waals surface area contributed by atoms with Crippen molar-refractivity contribution in [1.29, 1.82) is 0 Å². The van der Waals surface area contributed by atoms with Crippen molar-refractivity contribution in [3.8, 4) is 0 Å². The van der Waals surface area contributed by atoms with E-state index in [1.165, 1.54) is 0 Å². The van der Waals surface area contributed by atoms with Gasteiger partial charge in [0.2, 0.25) is 12.3 Å². The van der Waals surface area contributed by atoms with Crippen molar-refractivity contribution >= 4 is 12.3 Å². The molecule has 0 spiro atoms. The molecule has 0 aromatic carbocycles. The number of carbonyl (C=O) groups excluding carboxylic acids is 2. The van der Waals surface area contributed by atoms with Gasteiger partial charge in [-0.2, -0.15) is 0 Å². The highest BCUT2D eigenvalue weighted by atomic mass is 16.2. The SMILES string of the molecule is CC1(C)CN(C(=O)CNC=O)C1. The molecule has 0 saturated carbocycles. The van der Waals surface area contributed by atoms with E-state index in [2.05, 4.69) is 19.2 Å². The lowest BCUT2D eigenvalue weighted by molar-refractivity contribution is -0.141. The zero-order chi connectivity index (χ0) is 9.19. The van der Waals surface area contributed by atoms with Crippen LogP contribution in [0, 0.1) is 5.41 Å². The molecular formula is C8H14N2O2. The predicted octanol–water partition coefficient (Wildman–Crippen LogP) is -0.399. The third-order valence-corrected chi connectivity index (χ3v) is 1.93. The Bertz CT molecular complexity index is 193. The van der Waals surface area contributed by atoms with Crippen molar-refractivity contribution in [2.45, 2.75) is 13.8 Å². The van der Waals surface area contributed by atoms with Gasteiger partial charge < -0.3 is 10.2 Å². The molecular weight excluding hydrogens is 156 g/mol. The second kappa shape index (κ2) is 3.13. The van der Waals surface area contributed by atoms with E-state index < -0.39 is 0 Å². The fraction of sp³-hybridized carbons (Fsp3) is 0.750. The van der Waals surface area contributed by atoms with E-state index in [1.54, 1.807) is 4.90 Å². The van der Waals surface area contributed by atoms with Gasteiger partial charge >= 0.3 is 0 Å². The van der Waals surface area contributed by atoms with Crippen LogP contribution in [0.25, 0.3) is 0 Å². The smallest absolute Gasteiger partial charge is 0.241 e. The van der Waals surface area contributed by atoms with Gasteiger partial charge in [-0.1, -0.05) is 13.8 Å². The highest BCUT2D eigenvalue weighted by molar-refractivity contribution is 5.80. The Kier molecular flexibility index (Phi) is 2.35. The quantitative estimate of drug-likeness (QED) is 0.586. The summed E-state index contributed by atoms with van der Waals surface area (Å²) in [6.45, 7) is 5.95. The normalized spacial score (nSPS) is 19.7. The molecule has 1 heterocycles.